The average molecular weight is 308 g/mol. The molecule has 0 aliphatic rings. The number of para-hydroxylation sites is 1. The van der Waals surface area contributed by atoms with Crippen LogP contribution in [0.1, 0.15) is 32.0 Å². The van der Waals surface area contributed by atoms with E-state index >= 15 is 0 Å². The monoisotopic (exact) mass is 308 g/mol. The van der Waals surface area contributed by atoms with Crippen molar-refractivity contribution in [2.75, 3.05) is 0 Å². The molecule has 2 aromatic carbocycles. The Kier molecular flexibility index (Phi) is 3.80. The lowest BCUT2D eigenvalue weighted by Crippen LogP contribution is -2.42. The Morgan fingerprint density at radius 1 is 1.00 bits per heavy atom. The van der Waals surface area contributed by atoms with E-state index in [1.807, 2.05) is 44.2 Å². The number of nitrogens with zero attached hydrogens (tertiary/aromatic N) is 1. The van der Waals surface area contributed by atoms with Gasteiger partial charge in [0.15, 0.2) is 5.69 Å². The Morgan fingerprint density at radius 3 is 2.52 bits per heavy atom. The van der Waals surface area contributed by atoms with E-state index in [0.717, 1.165) is 16.6 Å². The van der Waals surface area contributed by atoms with E-state index in [2.05, 4.69) is 21.0 Å². The zero-order valence-corrected chi connectivity index (χ0v) is 12.8. The van der Waals surface area contributed by atoms with Gasteiger partial charge in [-0.25, -0.2) is 0 Å². The molecule has 1 heterocycles. The third kappa shape index (κ3) is 2.91. The standard InChI is InChI=1S/C17H16N4O2/c1-10-7-8-12(11(2)9-10)16(22)20-21-17(23)15-13-5-3-4-6-14(13)18-19-15/h3-9H,1-2H3,(H,18,19)(H,20,22)(H,21,23). The molecule has 0 bridgehead atoms. The van der Waals surface area contributed by atoms with E-state index in [-0.39, 0.29) is 11.6 Å². The number of hydrazine groups is 1. The number of amides is 2. The van der Waals surface area contributed by atoms with Crippen LogP contribution in [0.5, 0.6) is 0 Å². The van der Waals surface area contributed by atoms with Crippen molar-refractivity contribution < 1.29 is 9.59 Å². The number of hydrogen-bond donors (Lipinski definition) is 3. The van der Waals surface area contributed by atoms with Crippen LogP contribution in [-0.2, 0) is 0 Å². The summed E-state index contributed by atoms with van der Waals surface area (Å²) in [6.07, 6.45) is 0. The molecule has 116 valence electrons. The molecule has 0 unspecified atom stereocenters. The Hall–Kier alpha value is -3.15. The van der Waals surface area contributed by atoms with Crippen LogP contribution in [0.3, 0.4) is 0 Å². The number of carbonyl (C=O) groups excluding carboxylic acids is 2. The van der Waals surface area contributed by atoms with Gasteiger partial charge in [-0.2, -0.15) is 5.10 Å². The lowest BCUT2D eigenvalue weighted by atomic mass is 10.1. The molecular formula is C17H16N4O2. The summed E-state index contributed by atoms with van der Waals surface area (Å²) in [6, 6.07) is 12.8. The lowest BCUT2D eigenvalue weighted by molar-refractivity contribution is 0.0844. The van der Waals surface area contributed by atoms with Gasteiger partial charge in [-0.15, -0.1) is 0 Å². The molecule has 6 heteroatoms. The summed E-state index contributed by atoms with van der Waals surface area (Å²) in [4.78, 5) is 24.3. The Bertz CT molecular complexity index is 898. The normalized spacial score (nSPS) is 10.5. The summed E-state index contributed by atoms with van der Waals surface area (Å²) >= 11 is 0. The molecule has 2 amide bonds. The van der Waals surface area contributed by atoms with Gasteiger partial charge in [0.2, 0.25) is 0 Å². The van der Waals surface area contributed by atoms with Crippen LogP contribution in [0.25, 0.3) is 10.9 Å². The predicted molar refractivity (Wildman–Crippen MR) is 86.9 cm³/mol. The predicted octanol–water partition coefficient (Wildman–Crippen LogP) is 2.25. The smallest absolute Gasteiger partial charge is 0.277 e. The van der Waals surface area contributed by atoms with Crippen LogP contribution in [0.2, 0.25) is 0 Å². The number of aryl methyl sites for hydroxylation is 2. The van der Waals surface area contributed by atoms with Gasteiger partial charge >= 0.3 is 0 Å². The highest BCUT2D eigenvalue weighted by atomic mass is 16.2. The van der Waals surface area contributed by atoms with Crippen molar-refractivity contribution in [2.24, 2.45) is 0 Å². The van der Waals surface area contributed by atoms with Crippen LogP contribution < -0.4 is 10.9 Å². The van der Waals surface area contributed by atoms with Crippen molar-refractivity contribution in [1.82, 2.24) is 21.0 Å². The Labute approximate surface area is 132 Å². The van der Waals surface area contributed by atoms with Crippen molar-refractivity contribution in [1.29, 1.82) is 0 Å². The molecule has 0 atom stereocenters. The minimum Gasteiger partial charge on any atom is -0.277 e. The summed E-state index contributed by atoms with van der Waals surface area (Å²) in [5, 5.41) is 7.47. The first kappa shape index (κ1) is 14.8. The van der Waals surface area contributed by atoms with Gasteiger partial charge in [-0.05, 0) is 31.5 Å². The van der Waals surface area contributed by atoms with Gasteiger partial charge in [-0.1, -0.05) is 35.9 Å². The fraction of sp³-hybridized carbons (Fsp3) is 0.118. The Balaban J connectivity index is 1.72. The summed E-state index contributed by atoms with van der Waals surface area (Å²) in [7, 11) is 0. The fourth-order valence-corrected chi connectivity index (χ4v) is 2.44. The molecule has 0 saturated carbocycles. The second kappa shape index (κ2) is 5.92. The first-order chi connectivity index (χ1) is 11.1. The number of hydrogen-bond acceptors (Lipinski definition) is 3. The zero-order valence-electron chi connectivity index (χ0n) is 12.8. The second-order valence-electron chi connectivity index (χ2n) is 5.34. The van der Waals surface area contributed by atoms with Crippen LogP contribution in [-0.4, -0.2) is 22.0 Å². The number of fused-ring (bicyclic) bond motifs is 1. The summed E-state index contributed by atoms with van der Waals surface area (Å²) in [5.41, 5.74) is 8.26. The maximum absolute atomic E-state index is 12.2. The van der Waals surface area contributed by atoms with Crippen LogP contribution in [0.4, 0.5) is 0 Å². The minimum absolute atomic E-state index is 0.238. The molecule has 0 fully saturated rings. The highest BCUT2D eigenvalue weighted by Gasteiger charge is 2.15. The number of aromatic nitrogens is 2. The average Bonchev–Trinajstić information content (AvgIpc) is 2.96. The number of carbonyl (C=O) groups is 2. The molecule has 3 aromatic rings. The number of aromatic amines is 1. The summed E-state index contributed by atoms with van der Waals surface area (Å²) < 4.78 is 0. The minimum atomic E-state index is -0.472. The topological polar surface area (TPSA) is 86.9 Å². The molecule has 0 saturated heterocycles. The number of rotatable bonds is 2. The second-order valence-corrected chi connectivity index (χ2v) is 5.34. The van der Waals surface area contributed by atoms with Crippen molar-refractivity contribution in [3.05, 3.63) is 64.8 Å². The van der Waals surface area contributed by atoms with Crippen molar-refractivity contribution in [3.8, 4) is 0 Å². The van der Waals surface area contributed by atoms with Crippen molar-refractivity contribution in [2.45, 2.75) is 13.8 Å². The first-order valence-electron chi connectivity index (χ1n) is 7.17. The van der Waals surface area contributed by atoms with Crippen LogP contribution >= 0.6 is 0 Å². The maximum atomic E-state index is 12.2. The quantitative estimate of drug-likeness (QED) is 0.635. The zero-order chi connectivity index (χ0) is 16.4. The SMILES string of the molecule is Cc1ccc(C(=O)NNC(=O)c2n[nH]c3ccccc23)c(C)c1. The molecule has 0 spiro atoms. The molecule has 23 heavy (non-hydrogen) atoms. The molecule has 3 N–H and O–H groups in total. The van der Waals surface area contributed by atoms with Gasteiger partial charge in [0, 0.05) is 10.9 Å². The van der Waals surface area contributed by atoms with E-state index in [1.54, 1.807) is 12.1 Å². The van der Waals surface area contributed by atoms with Gasteiger partial charge < -0.3 is 0 Å². The first-order valence-corrected chi connectivity index (χ1v) is 7.17. The molecule has 1 aromatic heterocycles. The van der Waals surface area contributed by atoms with Crippen LogP contribution in [0.15, 0.2) is 42.5 Å². The lowest BCUT2D eigenvalue weighted by Gasteiger charge is -2.09. The number of nitrogens with one attached hydrogen (secondary N) is 3. The molecular weight excluding hydrogens is 292 g/mol. The third-order valence-corrected chi connectivity index (χ3v) is 3.60. The number of H-pyrrole nitrogens is 1. The van der Waals surface area contributed by atoms with E-state index in [1.165, 1.54) is 0 Å². The van der Waals surface area contributed by atoms with Gasteiger partial charge in [0.25, 0.3) is 11.8 Å². The molecule has 6 nitrogen and oxygen atoms in total. The highest BCUT2D eigenvalue weighted by Crippen LogP contribution is 2.14. The van der Waals surface area contributed by atoms with Gasteiger partial charge in [0.05, 0.1) is 5.52 Å². The van der Waals surface area contributed by atoms with Gasteiger partial charge in [-0.3, -0.25) is 25.5 Å². The van der Waals surface area contributed by atoms with E-state index in [4.69, 9.17) is 0 Å². The van der Waals surface area contributed by atoms with E-state index < -0.39 is 5.91 Å². The number of benzene rings is 2. The maximum Gasteiger partial charge on any atom is 0.290 e. The van der Waals surface area contributed by atoms with Gasteiger partial charge in [0.1, 0.15) is 0 Å². The van der Waals surface area contributed by atoms with Crippen molar-refractivity contribution in [3.63, 3.8) is 0 Å². The van der Waals surface area contributed by atoms with E-state index in [0.29, 0.717) is 10.9 Å². The molecule has 0 aliphatic carbocycles. The summed E-state index contributed by atoms with van der Waals surface area (Å²) in [5.74, 6) is -0.837. The third-order valence-electron chi connectivity index (χ3n) is 3.60. The fourth-order valence-electron chi connectivity index (χ4n) is 2.44. The summed E-state index contributed by atoms with van der Waals surface area (Å²) in [6.45, 7) is 3.81. The Morgan fingerprint density at radius 2 is 1.74 bits per heavy atom. The molecule has 0 aliphatic heterocycles. The largest absolute Gasteiger partial charge is 0.290 e. The van der Waals surface area contributed by atoms with Crippen LogP contribution in [0, 0.1) is 13.8 Å². The molecule has 3 rings (SSSR count). The van der Waals surface area contributed by atoms with E-state index in [9.17, 15) is 9.59 Å². The molecule has 0 radical (unpaired) electrons. The van der Waals surface area contributed by atoms with Crippen molar-refractivity contribution >= 4 is 22.7 Å². The highest BCUT2D eigenvalue weighted by molar-refractivity contribution is 6.06.